The lowest BCUT2D eigenvalue weighted by molar-refractivity contribution is -0.130. The fraction of sp³-hybridized carbons (Fsp3) is 0.200. The molecule has 4 nitrogen and oxygen atoms in total. The molecule has 0 fully saturated rings. The van der Waals surface area contributed by atoms with E-state index in [9.17, 15) is 9.59 Å². The second kappa shape index (κ2) is 7.11. The minimum Gasteiger partial charge on any atom is -0.334 e. The number of carbonyl (C=O) groups is 1. The number of aromatic nitrogens is 1. The molecule has 2 aromatic carbocycles. The summed E-state index contributed by atoms with van der Waals surface area (Å²) in [5.41, 5.74) is 3.11. The predicted octanol–water partition coefficient (Wildman–Crippen LogP) is 4.04. The molecular weight excluding hydrogens is 336 g/mol. The maximum atomic E-state index is 12.4. The number of carbonyl (C=O) groups excluding carboxylic acids is 1. The van der Waals surface area contributed by atoms with Gasteiger partial charge in [-0.15, -0.1) is 0 Å². The maximum absolute atomic E-state index is 12.4. The van der Waals surface area contributed by atoms with Crippen LogP contribution >= 0.6 is 11.6 Å². The maximum Gasteiger partial charge on any atom is 0.253 e. The lowest BCUT2D eigenvalue weighted by atomic mass is 10.1. The number of halogens is 1. The molecule has 25 heavy (non-hydrogen) atoms. The van der Waals surface area contributed by atoms with Crippen LogP contribution in [0.4, 0.5) is 0 Å². The van der Waals surface area contributed by atoms with Crippen LogP contribution in [0.25, 0.3) is 10.9 Å². The van der Waals surface area contributed by atoms with Crippen LogP contribution < -0.4 is 5.56 Å². The van der Waals surface area contributed by atoms with Crippen molar-refractivity contribution in [2.24, 2.45) is 0 Å². The minimum absolute atomic E-state index is 0.108. The molecule has 1 amide bonds. The lowest BCUT2D eigenvalue weighted by Crippen LogP contribution is -2.30. The van der Waals surface area contributed by atoms with Crippen LogP contribution in [0.5, 0.6) is 0 Å². The fourth-order valence-corrected chi connectivity index (χ4v) is 2.99. The monoisotopic (exact) mass is 354 g/mol. The Labute approximate surface area is 151 Å². The Morgan fingerprint density at radius 2 is 1.80 bits per heavy atom. The van der Waals surface area contributed by atoms with Crippen LogP contribution in [0.1, 0.15) is 23.6 Å². The highest BCUT2D eigenvalue weighted by Crippen LogP contribution is 2.19. The van der Waals surface area contributed by atoms with Crippen LogP contribution in [0.3, 0.4) is 0 Å². The molecule has 1 heterocycles. The van der Waals surface area contributed by atoms with Crippen molar-refractivity contribution in [1.29, 1.82) is 0 Å². The summed E-state index contributed by atoms with van der Waals surface area (Å²) in [5.74, 6) is -0.108. The highest BCUT2D eigenvalue weighted by molar-refractivity contribution is 6.31. The zero-order valence-electron chi connectivity index (χ0n) is 14.2. The number of aromatic amines is 1. The number of aryl methyl sites for hydroxylation is 1. The molecule has 0 atom stereocenters. The van der Waals surface area contributed by atoms with Crippen molar-refractivity contribution in [3.8, 4) is 0 Å². The Bertz CT molecular complexity index is 994. The number of nitrogens with zero attached hydrogens (tertiary/aromatic N) is 1. The average Bonchev–Trinajstić information content (AvgIpc) is 2.56. The van der Waals surface area contributed by atoms with E-state index in [1.807, 2.05) is 49.4 Å². The first-order chi connectivity index (χ1) is 11.9. The first-order valence-corrected chi connectivity index (χ1v) is 8.43. The summed E-state index contributed by atoms with van der Waals surface area (Å²) < 4.78 is 0. The normalized spacial score (nSPS) is 10.8. The summed E-state index contributed by atoms with van der Waals surface area (Å²) in [5, 5.41) is 1.55. The van der Waals surface area contributed by atoms with Crippen molar-refractivity contribution in [3.05, 3.63) is 80.6 Å². The van der Waals surface area contributed by atoms with E-state index in [1.54, 1.807) is 11.0 Å². The molecule has 5 heteroatoms. The first kappa shape index (κ1) is 17.2. The van der Waals surface area contributed by atoms with Crippen LogP contribution in [0.2, 0.25) is 5.02 Å². The van der Waals surface area contributed by atoms with E-state index in [2.05, 4.69) is 4.98 Å². The molecule has 0 saturated carbocycles. The number of benzene rings is 2. The Kier molecular flexibility index (Phi) is 4.91. The summed E-state index contributed by atoms with van der Waals surface area (Å²) in [6, 6.07) is 15.1. The Hall–Kier alpha value is -2.59. The zero-order valence-corrected chi connectivity index (χ0v) is 14.9. The number of amides is 1. The SMILES string of the molecule is CC(=O)N(Cc1ccccc1Cl)Cc1cc2ccc(C)cc2[nH]c1=O. The van der Waals surface area contributed by atoms with Gasteiger partial charge in [0.25, 0.3) is 5.56 Å². The molecule has 0 unspecified atom stereocenters. The quantitative estimate of drug-likeness (QED) is 0.768. The molecule has 0 saturated heterocycles. The van der Waals surface area contributed by atoms with Crippen molar-refractivity contribution in [2.45, 2.75) is 26.9 Å². The minimum atomic E-state index is -0.177. The summed E-state index contributed by atoms with van der Waals surface area (Å²) in [7, 11) is 0. The highest BCUT2D eigenvalue weighted by atomic mass is 35.5. The Balaban J connectivity index is 1.92. The second-order valence-corrected chi connectivity index (χ2v) is 6.59. The standard InChI is InChI=1S/C20H19ClN2O2/c1-13-7-8-15-10-17(20(25)22-19(15)9-13)12-23(14(2)24)11-16-5-3-4-6-18(16)21/h3-10H,11-12H2,1-2H3,(H,22,25). The topological polar surface area (TPSA) is 53.2 Å². The van der Waals surface area contributed by atoms with Crippen LogP contribution in [0.15, 0.2) is 53.3 Å². The third-order valence-electron chi connectivity index (χ3n) is 4.20. The summed E-state index contributed by atoms with van der Waals surface area (Å²) in [6.45, 7) is 4.07. The predicted molar refractivity (Wildman–Crippen MR) is 101 cm³/mol. The van der Waals surface area contributed by atoms with Gasteiger partial charge in [0.1, 0.15) is 0 Å². The largest absolute Gasteiger partial charge is 0.334 e. The van der Waals surface area contributed by atoms with Crippen molar-refractivity contribution in [3.63, 3.8) is 0 Å². The van der Waals surface area contributed by atoms with E-state index < -0.39 is 0 Å². The van der Waals surface area contributed by atoms with Gasteiger partial charge < -0.3 is 9.88 Å². The number of pyridine rings is 1. The molecule has 3 aromatic rings. The van der Waals surface area contributed by atoms with E-state index in [1.165, 1.54) is 6.92 Å². The van der Waals surface area contributed by atoms with Gasteiger partial charge in [0.2, 0.25) is 5.91 Å². The van der Waals surface area contributed by atoms with Crippen molar-refractivity contribution in [2.75, 3.05) is 0 Å². The van der Waals surface area contributed by atoms with Crippen LogP contribution in [0, 0.1) is 6.92 Å². The van der Waals surface area contributed by atoms with Gasteiger partial charge in [-0.2, -0.15) is 0 Å². The summed E-state index contributed by atoms with van der Waals surface area (Å²) >= 11 is 6.19. The van der Waals surface area contributed by atoms with Gasteiger partial charge >= 0.3 is 0 Å². The molecule has 0 aliphatic rings. The van der Waals surface area contributed by atoms with Gasteiger partial charge in [-0.05, 0) is 41.6 Å². The van der Waals surface area contributed by atoms with Gasteiger partial charge in [0.05, 0.1) is 6.54 Å². The Morgan fingerprint density at radius 3 is 2.52 bits per heavy atom. The summed E-state index contributed by atoms with van der Waals surface area (Å²) in [4.78, 5) is 29.0. The second-order valence-electron chi connectivity index (χ2n) is 6.18. The number of hydrogen-bond donors (Lipinski definition) is 1. The van der Waals surface area contributed by atoms with E-state index in [-0.39, 0.29) is 18.0 Å². The van der Waals surface area contributed by atoms with E-state index >= 15 is 0 Å². The van der Waals surface area contributed by atoms with Crippen molar-refractivity contribution >= 4 is 28.4 Å². The van der Waals surface area contributed by atoms with Crippen molar-refractivity contribution in [1.82, 2.24) is 9.88 Å². The van der Waals surface area contributed by atoms with E-state index in [0.717, 1.165) is 22.0 Å². The summed E-state index contributed by atoms with van der Waals surface area (Å²) in [6.07, 6.45) is 0. The highest BCUT2D eigenvalue weighted by Gasteiger charge is 2.14. The molecule has 0 aliphatic carbocycles. The van der Waals surface area contributed by atoms with Crippen LogP contribution in [-0.4, -0.2) is 15.8 Å². The van der Waals surface area contributed by atoms with Crippen molar-refractivity contribution < 1.29 is 4.79 Å². The fourth-order valence-electron chi connectivity index (χ4n) is 2.79. The average molecular weight is 355 g/mol. The van der Waals surface area contributed by atoms with Gasteiger partial charge in [-0.1, -0.05) is 41.9 Å². The van der Waals surface area contributed by atoms with Gasteiger partial charge in [-0.3, -0.25) is 9.59 Å². The van der Waals surface area contributed by atoms with Gasteiger partial charge in [0.15, 0.2) is 0 Å². The van der Waals surface area contributed by atoms with Crippen LogP contribution in [-0.2, 0) is 17.9 Å². The molecule has 0 spiro atoms. The third-order valence-corrected chi connectivity index (χ3v) is 4.57. The molecular formula is C20H19ClN2O2. The lowest BCUT2D eigenvalue weighted by Gasteiger charge is -2.21. The molecule has 1 N–H and O–H groups in total. The number of nitrogens with one attached hydrogen (secondary N) is 1. The van der Waals surface area contributed by atoms with E-state index in [4.69, 9.17) is 11.6 Å². The van der Waals surface area contributed by atoms with E-state index in [0.29, 0.717) is 17.1 Å². The molecule has 1 aromatic heterocycles. The first-order valence-electron chi connectivity index (χ1n) is 8.05. The smallest absolute Gasteiger partial charge is 0.253 e. The number of H-pyrrole nitrogens is 1. The molecule has 3 rings (SSSR count). The molecule has 128 valence electrons. The molecule has 0 radical (unpaired) electrons. The van der Waals surface area contributed by atoms with Gasteiger partial charge in [0, 0.05) is 29.6 Å². The molecule has 0 bridgehead atoms. The zero-order chi connectivity index (χ0) is 18.0. The Morgan fingerprint density at radius 1 is 1.08 bits per heavy atom. The molecule has 0 aliphatic heterocycles. The number of fused-ring (bicyclic) bond motifs is 1. The third kappa shape index (κ3) is 3.91. The van der Waals surface area contributed by atoms with Gasteiger partial charge in [-0.25, -0.2) is 0 Å². The number of rotatable bonds is 4. The number of hydrogen-bond acceptors (Lipinski definition) is 2.